The van der Waals surface area contributed by atoms with E-state index in [0.717, 1.165) is 0 Å². The summed E-state index contributed by atoms with van der Waals surface area (Å²) in [6.45, 7) is 3.94. The molecule has 0 saturated heterocycles. The lowest BCUT2D eigenvalue weighted by Crippen LogP contribution is -2.15. The van der Waals surface area contributed by atoms with Gasteiger partial charge in [0.25, 0.3) is 0 Å². The van der Waals surface area contributed by atoms with Crippen molar-refractivity contribution in [1.29, 1.82) is 0 Å². The third-order valence-electron chi connectivity index (χ3n) is 0.636. The third-order valence-corrected chi connectivity index (χ3v) is 0.636. The first-order valence-electron chi connectivity index (χ1n) is 2.36. The zero-order chi connectivity index (χ0) is 6.41. The van der Waals surface area contributed by atoms with Crippen LogP contribution in [0.4, 0.5) is 0 Å². The maximum atomic E-state index is 3.77. The van der Waals surface area contributed by atoms with Gasteiger partial charge in [0.05, 0.1) is 6.34 Å². The van der Waals surface area contributed by atoms with Crippen molar-refractivity contribution in [2.75, 3.05) is 20.8 Å². The summed E-state index contributed by atoms with van der Waals surface area (Å²) in [5.74, 6) is 0. The molecule has 0 amide bonds. The molecule has 0 aromatic carbocycles. The summed E-state index contributed by atoms with van der Waals surface area (Å²) in [7, 11) is 3.61. The first-order chi connectivity index (χ1) is 3.81. The van der Waals surface area contributed by atoms with Crippen LogP contribution < -0.4 is 0 Å². The first kappa shape index (κ1) is 7.14. The maximum Gasteiger partial charge on any atom is 0.109 e. The Kier molecular flexibility index (Phi) is 3.84. The van der Waals surface area contributed by atoms with Crippen molar-refractivity contribution in [3.8, 4) is 0 Å². The van der Waals surface area contributed by atoms with Crippen LogP contribution >= 0.6 is 0 Å². The molecule has 0 aromatic heterocycles. The lowest BCUT2D eigenvalue weighted by Gasteiger charge is -2.06. The fourth-order valence-corrected chi connectivity index (χ4v) is 0.391. The van der Waals surface area contributed by atoms with Gasteiger partial charge in [0, 0.05) is 14.1 Å². The molecule has 0 unspecified atom stereocenters. The van der Waals surface area contributed by atoms with Crippen molar-refractivity contribution >= 4 is 13.1 Å². The van der Waals surface area contributed by atoms with Gasteiger partial charge >= 0.3 is 0 Å². The van der Waals surface area contributed by atoms with E-state index in [2.05, 4.69) is 16.7 Å². The number of nitrogens with zero attached hydrogens (tertiary/aromatic N) is 3. The molecule has 0 spiro atoms. The summed E-state index contributed by atoms with van der Waals surface area (Å²) in [5, 5.41) is 0. The van der Waals surface area contributed by atoms with Crippen LogP contribution in [-0.2, 0) is 0 Å². The standard InChI is InChI=1S/C5H11N3/c1-6-4-8(3)5-7-2/h5H,1,4H2,2-3H3. The highest BCUT2D eigenvalue weighted by atomic mass is 15.2. The fraction of sp³-hybridized carbons (Fsp3) is 0.600. The molecule has 0 fully saturated rings. The van der Waals surface area contributed by atoms with Crippen molar-refractivity contribution < 1.29 is 0 Å². The minimum atomic E-state index is 0.608. The van der Waals surface area contributed by atoms with Gasteiger partial charge in [-0.05, 0) is 6.72 Å². The van der Waals surface area contributed by atoms with Crippen LogP contribution in [0.3, 0.4) is 0 Å². The summed E-state index contributed by atoms with van der Waals surface area (Å²) in [5.41, 5.74) is 0. The van der Waals surface area contributed by atoms with Crippen LogP contribution in [0.1, 0.15) is 0 Å². The van der Waals surface area contributed by atoms with Gasteiger partial charge in [-0.25, -0.2) is 0 Å². The summed E-state index contributed by atoms with van der Waals surface area (Å²) < 4.78 is 0. The molecule has 0 N–H and O–H groups in total. The lowest BCUT2D eigenvalue weighted by atomic mass is 10.8. The van der Waals surface area contributed by atoms with Gasteiger partial charge in [-0.3, -0.25) is 9.98 Å². The minimum absolute atomic E-state index is 0.608. The molecule has 0 aromatic rings. The maximum absolute atomic E-state index is 3.77. The highest BCUT2D eigenvalue weighted by molar-refractivity contribution is 5.54. The largest absolute Gasteiger partial charge is 0.347 e. The number of aliphatic imine (C=N–C) groups is 2. The molecule has 0 radical (unpaired) electrons. The Labute approximate surface area is 49.7 Å². The van der Waals surface area contributed by atoms with E-state index in [9.17, 15) is 0 Å². The van der Waals surface area contributed by atoms with Crippen molar-refractivity contribution in [3.05, 3.63) is 0 Å². The normalized spacial score (nSPS) is 9.75. The highest BCUT2D eigenvalue weighted by Gasteiger charge is 1.81. The Balaban J connectivity index is 3.31. The lowest BCUT2D eigenvalue weighted by molar-refractivity contribution is 0.540. The zero-order valence-corrected chi connectivity index (χ0v) is 5.33. The Morgan fingerprint density at radius 3 is 2.75 bits per heavy atom. The molecule has 3 nitrogen and oxygen atoms in total. The van der Waals surface area contributed by atoms with Crippen LogP contribution in [0.5, 0.6) is 0 Å². The summed E-state index contributed by atoms with van der Waals surface area (Å²) >= 11 is 0. The molecule has 0 aliphatic heterocycles. The van der Waals surface area contributed by atoms with Crippen LogP contribution in [0.2, 0.25) is 0 Å². The fourth-order valence-electron chi connectivity index (χ4n) is 0.391. The van der Waals surface area contributed by atoms with Crippen LogP contribution in [-0.4, -0.2) is 38.7 Å². The Hall–Kier alpha value is -0.860. The van der Waals surface area contributed by atoms with Crippen molar-refractivity contribution in [2.45, 2.75) is 0 Å². The van der Waals surface area contributed by atoms with Crippen LogP contribution in [0.25, 0.3) is 0 Å². The predicted molar refractivity (Wildman–Crippen MR) is 36.6 cm³/mol. The van der Waals surface area contributed by atoms with E-state index >= 15 is 0 Å². The van der Waals surface area contributed by atoms with Gasteiger partial charge in [-0.2, -0.15) is 0 Å². The predicted octanol–water partition coefficient (Wildman–Crippen LogP) is 0.234. The molecule has 0 rings (SSSR count). The number of hydrogen-bond acceptors (Lipinski definition) is 2. The van der Waals surface area contributed by atoms with Gasteiger partial charge in [0.1, 0.15) is 6.67 Å². The molecule has 0 heterocycles. The minimum Gasteiger partial charge on any atom is -0.347 e. The Morgan fingerprint density at radius 1 is 1.75 bits per heavy atom. The van der Waals surface area contributed by atoms with E-state index in [1.807, 2.05) is 11.9 Å². The summed E-state index contributed by atoms with van der Waals surface area (Å²) in [4.78, 5) is 9.25. The monoisotopic (exact) mass is 113 g/mol. The van der Waals surface area contributed by atoms with Crippen molar-refractivity contribution in [3.63, 3.8) is 0 Å². The molecule has 0 saturated carbocycles. The topological polar surface area (TPSA) is 28.0 Å². The van der Waals surface area contributed by atoms with Gasteiger partial charge in [0.15, 0.2) is 0 Å². The molecule has 0 aliphatic carbocycles. The van der Waals surface area contributed by atoms with Crippen LogP contribution in [0, 0.1) is 0 Å². The van der Waals surface area contributed by atoms with E-state index in [1.165, 1.54) is 0 Å². The van der Waals surface area contributed by atoms with Gasteiger partial charge in [-0.15, -0.1) is 0 Å². The van der Waals surface area contributed by atoms with E-state index < -0.39 is 0 Å². The van der Waals surface area contributed by atoms with E-state index in [1.54, 1.807) is 13.4 Å². The Morgan fingerprint density at radius 2 is 2.38 bits per heavy atom. The van der Waals surface area contributed by atoms with Crippen molar-refractivity contribution in [2.24, 2.45) is 9.98 Å². The van der Waals surface area contributed by atoms with E-state index in [-0.39, 0.29) is 0 Å². The first-order valence-corrected chi connectivity index (χ1v) is 2.36. The molecule has 3 heteroatoms. The van der Waals surface area contributed by atoms with E-state index in [0.29, 0.717) is 6.67 Å². The highest BCUT2D eigenvalue weighted by Crippen LogP contribution is 1.73. The molecule has 8 heavy (non-hydrogen) atoms. The average molecular weight is 113 g/mol. The van der Waals surface area contributed by atoms with Crippen LogP contribution in [0.15, 0.2) is 9.98 Å². The third kappa shape index (κ3) is 3.33. The Bertz CT molecular complexity index is 87.7. The van der Waals surface area contributed by atoms with Gasteiger partial charge in [0.2, 0.25) is 0 Å². The zero-order valence-electron chi connectivity index (χ0n) is 5.33. The second-order valence-electron chi connectivity index (χ2n) is 1.50. The molecule has 0 aliphatic rings. The second-order valence-corrected chi connectivity index (χ2v) is 1.50. The SMILES string of the molecule is C=NCN(C)C=NC. The summed E-state index contributed by atoms with van der Waals surface area (Å²) in [6, 6.07) is 0. The molecule has 0 atom stereocenters. The molecular formula is C5H11N3. The molecule has 0 bridgehead atoms. The number of rotatable bonds is 3. The quantitative estimate of drug-likeness (QED) is 0.380. The van der Waals surface area contributed by atoms with Gasteiger partial charge < -0.3 is 4.90 Å². The van der Waals surface area contributed by atoms with Gasteiger partial charge in [-0.1, -0.05) is 0 Å². The number of hydrogen-bond donors (Lipinski definition) is 0. The molecular weight excluding hydrogens is 102 g/mol. The molecule has 46 valence electrons. The second kappa shape index (κ2) is 4.30. The summed E-state index contributed by atoms with van der Waals surface area (Å²) in [6.07, 6.45) is 1.70. The van der Waals surface area contributed by atoms with Crippen molar-refractivity contribution in [1.82, 2.24) is 4.90 Å². The smallest absolute Gasteiger partial charge is 0.109 e. The average Bonchev–Trinajstić information content (AvgIpc) is 1.68. The van der Waals surface area contributed by atoms with E-state index in [4.69, 9.17) is 0 Å².